The zero-order valence-corrected chi connectivity index (χ0v) is 11.0. The molecule has 0 atom stereocenters. The van der Waals surface area contributed by atoms with Gasteiger partial charge in [0.15, 0.2) is 5.78 Å². The second-order valence-electron chi connectivity index (χ2n) is 3.44. The first kappa shape index (κ1) is 13.0. The average Bonchev–Trinajstić information content (AvgIpc) is 2.87. The van der Waals surface area contributed by atoms with E-state index in [4.69, 9.17) is 16.3 Å². The van der Waals surface area contributed by atoms with Gasteiger partial charge in [0, 0.05) is 17.0 Å². The number of hydrogen-bond donors (Lipinski definition) is 0. The number of rotatable bonds is 4. The van der Waals surface area contributed by atoms with Crippen molar-refractivity contribution in [2.24, 2.45) is 0 Å². The minimum Gasteiger partial charge on any atom is -0.497 e. The van der Waals surface area contributed by atoms with E-state index in [0.717, 1.165) is 0 Å². The smallest absolute Gasteiger partial charge is 0.196 e. The van der Waals surface area contributed by atoms with E-state index < -0.39 is 5.82 Å². The van der Waals surface area contributed by atoms with Gasteiger partial charge in [0.1, 0.15) is 22.3 Å². The number of carbonyl (C=O) groups excluding carboxylic acids is 1. The van der Waals surface area contributed by atoms with Gasteiger partial charge in [-0.1, -0.05) is 0 Å². The van der Waals surface area contributed by atoms with Crippen molar-refractivity contribution in [2.45, 2.75) is 0 Å². The Bertz CT molecular complexity index is 585. The third-order valence-electron chi connectivity index (χ3n) is 2.32. The Balaban J connectivity index is 2.37. The number of nitrogens with zero attached hydrogens (tertiary/aromatic N) is 1. The molecule has 0 amide bonds. The second kappa shape index (κ2) is 5.46. The fourth-order valence-corrected chi connectivity index (χ4v) is 2.38. The van der Waals surface area contributed by atoms with Gasteiger partial charge in [0.05, 0.1) is 13.0 Å². The molecule has 0 saturated heterocycles. The standard InChI is InChI=1S/C12H9ClFNO2S/c1-17-7-2-3-8(9(14)4-7)12-15-10(6-18-12)11(16)5-13/h2-4,6H,5H2,1H3. The van der Waals surface area contributed by atoms with Gasteiger partial charge in [-0.3, -0.25) is 4.79 Å². The minimum absolute atomic E-state index is 0.131. The molecule has 1 aromatic carbocycles. The maximum Gasteiger partial charge on any atom is 0.196 e. The van der Waals surface area contributed by atoms with E-state index in [9.17, 15) is 9.18 Å². The number of ether oxygens (including phenoxy) is 1. The number of hydrogen-bond acceptors (Lipinski definition) is 4. The Kier molecular flexibility index (Phi) is 3.93. The molecule has 0 radical (unpaired) electrons. The van der Waals surface area contributed by atoms with E-state index in [1.165, 1.54) is 24.5 Å². The second-order valence-corrected chi connectivity index (χ2v) is 4.57. The molecule has 1 aromatic heterocycles. The van der Waals surface area contributed by atoms with Crippen LogP contribution >= 0.6 is 22.9 Å². The SMILES string of the molecule is COc1ccc(-c2nc(C(=O)CCl)cs2)c(F)c1. The molecule has 18 heavy (non-hydrogen) atoms. The van der Waals surface area contributed by atoms with Gasteiger partial charge < -0.3 is 4.74 Å². The van der Waals surface area contributed by atoms with Crippen molar-refractivity contribution in [2.75, 3.05) is 13.0 Å². The highest BCUT2D eigenvalue weighted by molar-refractivity contribution is 7.13. The van der Waals surface area contributed by atoms with Gasteiger partial charge in [-0.05, 0) is 12.1 Å². The fraction of sp³-hybridized carbons (Fsp3) is 0.167. The van der Waals surface area contributed by atoms with Crippen LogP contribution < -0.4 is 4.74 Å². The average molecular weight is 286 g/mol. The summed E-state index contributed by atoms with van der Waals surface area (Å²) in [6.45, 7) is 0. The first-order chi connectivity index (χ1) is 8.65. The lowest BCUT2D eigenvalue weighted by Gasteiger charge is -2.02. The zero-order chi connectivity index (χ0) is 13.1. The number of thiazole rings is 1. The summed E-state index contributed by atoms with van der Waals surface area (Å²) in [6, 6.07) is 4.49. The largest absolute Gasteiger partial charge is 0.497 e. The van der Waals surface area contributed by atoms with Crippen LogP contribution in [-0.4, -0.2) is 23.8 Å². The maximum absolute atomic E-state index is 13.8. The number of carbonyl (C=O) groups is 1. The summed E-state index contributed by atoms with van der Waals surface area (Å²) in [5.74, 6) is -0.402. The van der Waals surface area contributed by atoms with Gasteiger partial charge in [-0.2, -0.15) is 0 Å². The molecule has 6 heteroatoms. The lowest BCUT2D eigenvalue weighted by atomic mass is 10.2. The number of benzene rings is 1. The highest BCUT2D eigenvalue weighted by Crippen LogP contribution is 2.28. The third kappa shape index (κ3) is 2.52. The Morgan fingerprint density at radius 2 is 2.33 bits per heavy atom. The molecule has 0 saturated carbocycles. The van der Waals surface area contributed by atoms with Gasteiger partial charge >= 0.3 is 0 Å². The summed E-state index contributed by atoms with van der Waals surface area (Å²) in [7, 11) is 1.47. The zero-order valence-electron chi connectivity index (χ0n) is 9.44. The molecule has 3 nitrogen and oxygen atoms in total. The Morgan fingerprint density at radius 1 is 1.56 bits per heavy atom. The van der Waals surface area contributed by atoms with E-state index in [1.807, 2.05) is 0 Å². The first-order valence-electron chi connectivity index (χ1n) is 5.04. The van der Waals surface area contributed by atoms with Crippen molar-refractivity contribution in [1.29, 1.82) is 0 Å². The van der Waals surface area contributed by atoms with Crippen molar-refractivity contribution in [3.8, 4) is 16.3 Å². The molecule has 1 heterocycles. The Labute approximate surface area is 112 Å². The number of Topliss-reactive ketones (excluding diaryl/α,β-unsaturated/α-hetero) is 1. The number of methoxy groups -OCH3 is 1. The molecule has 2 rings (SSSR count). The van der Waals surface area contributed by atoms with Crippen LogP contribution in [0, 0.1) is 5.82 Å². The van der Waals surface area contributed by atoms with E-state index in [2.05, 4.69) is 4.98 Å². The van der Waals surface area contributed by atoms with Crippen molar-refractivity contribution in [3.63, 3.8) is 0 Å². The molecule has 0 aliphatic rings. The first-order valence-corrected chi connectivity index (χ1v) is 6.45. The van der Waals surface area contributed by atoms with E-state index in [1.54, 1.807) is 17.5 Å². The molecule has 0 aliphatic carbocycles. The summed E-state index contributed by atoms with van der Waals surface area (Å²) < 4.78 is 18.7. The summed E-state index contributed by atoms with van der Waals surface area (Å²) in [4.78, 5) is 15.4. The van der Waals surface area contributed by atoms with E-state index >= 15 is 0 Å². The summed E-state index contributed by atoms with van der Waals surface area (Å²) >= 11 is 6.64. The van der Waals surface area contributed by atoms with Crippen LogP contribution in [0.1, 0.15) is 10.5 Å². The summed E-state index contributed by atoms with van der Waals surface area (Å²) in [5, 5.41) is 2.02. The topological polar surface area (TPSA) is 39.2 Å². The third-order valence-corrected chi connectivity index (χ3v) is 3.44. The van der Waals surface area contributed by atoms with Gasteiger partial charge in [0.25, 0.3) is 0 Å². The number of alkyl halides is 1. The molecule has 94 valence electrons. The van der Waals surface area contributed by atoms with Crippen molar-refractivity contribution in [3.05, 3.63) is 35.1 Å². The van der Waals surface area contributed by atoms with Crippen molar-refractivity contribution < 1.29 is 13.9 Å². The van der Waals surface area contributed by atoms with Crippen LogP contribution in [0.15, 0.2) is 23.6 Å². The van der Waals surface area contributed by atoms with Gasteiger partial charge in [-0.15, -0.1) is 22.9 Å². The Hall–Kier alpha value is -1.46. The maximum atomic E-state index is 13.8. The molecule has 0 aliphatic heterocycles. The van der Waals surface area contributed by atoms with Crippen LogP contribution in [0.2, 0.25) is 0 Å². The molecule has 0 unspecified atom stereocenters. The molecular weight excluding hydrogens is 277 g/mol. The number of halogens is 2. The molecule has 0 spiro atoms. The highest BCUT2D eigenvalue weighted by atomic mass is 35.5. The lowest BCUT2D eigenvalue weighted by molar-refractivity contribution is 0.101. The van der Waals surface area contributed by atoms with E-state index in [0.29, 0.717) is 16.3 Å². The number of ketones is 1. The van der Waals surface area contributed by atoms with Crippen LogP contribution in [0.25, 0.3) is 10.6 Å². The Morgan fingerprint density at radius 3 is 2.94 bits per heavy atom. The van der Waals surface area contributed by atoms with Gasteiger partial charge in [-0.25, -0.2) is 9.37 Å². The molecule has 2 aromatic rings. The van der Waals surface area contributed by atoms with E-state index in [-0.39, 0.29) is 17.4 Å². The minimum atomic E-state index is -0.437. The fourth-order valence-electron chi connectivity index (χ4n) is 1.39. The van der Waals surface area contributed by atoms with Crippen LogP contribution in [0.5, 0.6) is 5.75 Å². The lowest BCUT2D eigenvalue weighted by Crippen LogP contribution is -2.00. The summed E-state index contributed by atoms with van der Waals surface area (Å²) in [6.07, 6.45) is 0. The predicted molar refractivity (Wildman–Crippen MR) is 69.1 cm³/mol. The van der Waals surface area contributed by atoms with Gasteiger partial charge in [0.2, 0.25) is 0 Å². The molecule has 0 fully saturated rings. The predicted octanol–water partition coefficient (Wildman–Crippen LogP) is 3.38. The molecule has 0 bridgehead atoms. The molecular formula is C12H9ClFNO2S. The van der Waals surface area contributed by atoms with Crippen LogP contribution in [0.4, 0.5) is 4.39 Å². The van der Waals surface area contributed by atoms with Crippen molar-refractivity contribution in [1.82, 2.24) is 4.98 Å². The van der Waals surface area contributed by atoms with Crippen LogP contribution in [0.3, 0.4) is 0 Å². The van der Waals surface area contributed by atoms with Crippen molar-refractivity contribution >= 4 is 28.7 Å². The number of aromatic nitrogens is 1. The highest BCUT2D eigenvalue weighted by Gasteiger charge is 2.14. The summed E-state index contributed by atoms with van der Waals surface area (Å²) in [5.41, 5.74) is 0.606. The molecule has 0 N–H and O–H groups in total. The monoisotopic (exact) mass is 285 g/mol. The van der Waals surface area contributed by atoms with Crippen LogP contribution in [-0.2, 0) is 0 Å². The normalized spacial score (nSPS) is 10.4. The quantitative estimate of drug-likeness (QED) is 0.638.